The Balaban J connectivity index is 3.75. The molecule has 0 rings (SSSR count). The van der Waals surface area contributed by atoms with Crippen LogP contribution in [0.1, 0.15) is 6.92 Å². The second kappa shape index (κ2) is 5.82. The lowest BCUT2D eigenvalue weighted by Gasteiger charge is -2.35. The van der Waals surface area contributed by atoms with Crippen LogP contribution in [0.5, 0.6) is 0 Å². The molecule has 84 valence electrons. The van der Waals surface area contributed by atoms with Gasteiger partial charge in [0.15, 0.2) is 0 Å². The predicted molar refractivity (Wildman–Crippen MR) is 77.5 cm³/mol. The van der Waals surface area contributed by atoms with Gasteiger partial charge >= 0.3 is 0 Å². The highest BCUT2D eigenvalue weighted by molar-refractivity contribution is 8.39. The molecule has 0 saturated carbocycles. The molecule has 3 heteroatoms. The molecule has 0 unspecified atom stereocenters. The van der Waals surface area contributed by atoms with Gasteiger partial charge in [-0.1, -0.05) is 6.92 Å². The van der Waals surface area contributed by atoms with Crippen molar-refractivity contribution in [2.24, 2.45) is 0 Å². The molecule has 0 aromatic carbocycles. The highest BCUT2D eigenvalue weighted by Gasteiger charge is 2.14. The first-order valence-electron chi connectivity index (χ1n) is 4.69. The minimum atomic E-state index is -0.293. The van der Waals surface area contributed by atoms with E-state index in [1.54, 1.807) is 0 Å². The third-order valence-electron chi connectivity index (χ3n) is 1.85. The van der Waals surface area contributed by atoms with E-state index in [1.165, 1.54) is 22.3 Å². The van der Waals surface area contributed by atoms with E-state index >= 15 is 0 Å². The van der Waals surface area contributed by atoms with Crippen molar-refractivity contribution in [2.75, 3.05) is 53.6 Å². The summed E-state index contributed by atoms with van der Waals surface area (Å²) in [6.45, 7) is 2.26. The maximum absolute atomic E-state index is 2.49. The lowest BCUT2D eigenvalue weighted by atomic mass is 11.0. The summed E-state index contributed by atoms with van der Waals surface area (Å²) >= 11 is 2.11. The Kier molecular flexibility index (Phi) is 6.29. The highest BCUT2D eigenvalue weighted by Crippen LogP contribution is 2.47. The molecule has 13 heavy (non-hydrogen) atoms. The van der Waals surface area contributed by atoms with Gasteiger partial charge in [-0.05, 0) is 48.5 Å². The van der Waals surface area contributed by atoms with Crippen molar-refractivity contribution >= 4 is 31.8 Å². The summed E-state index contributed by atoms with van der Waals surface area (Å²) in [6, 6.07) is 0. The van der Waals surface area contributed by atoms with E-state index in [4.69, 9.17) is 0 Å². The zero-order valence-electron chi connectivity index (χ0n) is 10.1. The third kappa shape index (κ3) is 9.36. The molecule has 0 atom stereocenters. The van der Waals surface area contributed by atoms with Gasteiger partial charge < -0.3 is 0 Å². The summed E-state index contributed by atoms with van der Waals surface area (Å²) in [4.78, 5) is 0. The first-order valence-corrected chi connectivity index (χ1v) is 11.7. The van der Waals surface area contributed by atoms with E-state index in [-0.39, 0.29) is 20.1 Å². The Bertz CT molecular complexity index is 136. The number of rotatable bonds is 6. The molecule has 0 spiro atoms. The van der Waals surface area contributed by atoms with Gasteiger partial charge in [0.25, 0.3) is 0 Å². The Morgan fingerprint density at radius 2 is 1.46 bits per heavy atom. The molecule has 0 amide bonds. The van der Waals surface area contributed by atoms with Crippen molar-refractivity contribution in [3.63, 3.8) is 0 Å². The van der Waals surface area contributed by atoms with E-state index in [0.717, 1.165) is 0 Å². The third-order valence-corrected chi connectivity index (χ3v) is 8.48. The van der Waals surface area contributed by atoms with Crippen LogP contribution in [0.15, 0.2) is 0 Å². The molecule has 0 aliphatic rings. The number of thioether (sulfide) groups is 1. The number of hydrogen-bond donors (Lipinski definition) is 0. The molecule has 0 heterocycles. The van der Waals surface area contributed by atoms with Crippen molar-refractivity contribution in [1.29, 1.82) is 0 Å². The Morgan fingerprint density at radius 3 is 1.85 bits per heavy atom. The quantitative estimate of drug-likeness (QED) is 0.687. The first kappa shape index (κ1) is 14.1. The topological polar surface area (TPSA) is 0 Å². The fourth-order valence-electron chi connectivity index (χ4n) is 0.843. The maximum Gasteiger partial charge on any atom is 0.0231 e. The van der Waals surface area contributed by atoms with Crippen LogP contribution in [0, 0.1) is 0 Å². The molecule has 0 nitrogen and oxygen atoms in total. The van der Waals surface area contributed by atoms with Gasteiger partial charge in [-0.25, -0.2) is 20.1 Å². The van der Waals surface area contributed by atoms with E-state index in [1.807, 2.05) is 0 Å². The molecule has 0 aliphatic heterocycles. The van der Waals surface area contributed by atoms with Gasteiger partial charge in [-0.2, -0.15) is 11.8 Å². The molecule has 0 aliphatic carbocycles. The van der Waals surface area contributed by atoms with E-state index in [2.05, 4.69) is 50.0 Å². The molecule has 0 bridgehead atoms. The summed E-state index contributed by atoms with van der Waals surface area (Å²) in [5.74, 6) is 4.21. The zero-order chi connectivity index (χ0) is 10.5. The van der Waals surface area contributed by atoms with Gasteiger partial charge in [0, 0.05) is 5.08 Å². The normalized spacial score (nSPS) is 15.8. The lowest BCUT2D eigenvalue weighted by Crippen LogP contribution is -2.11. The minimum absolute atomic E-state index is 0.271. The van der Waals surface area contributed by atoms with Crippen molar-refractivity contribution < 1.29 is 0 Å². The Labute approximate surface area is 92.3 Å². The number of hydrogen-bond acceptors (Lipinski definition) is 1. The summed E-state index contributed by atoms with van der Waals surface area (Å²) in [6.07, 6.45) is 12.3. The standard InChI is InChI=1S/C10H26S3/c1-7-11-10-13(5,6)9-8-12(2,3)4/h7-10H2,1-6H3. The van der Waals surface area contributed by atoms with Gasteiger partial charge in [-0.3, -0.25) is 0 Å². The van der Waals surface area contributed by atoms with Crippen LogP contribution in [-0.4, -0.2) is 53.6 Å². The van der Waals surface area contributed by atoms with Crippen LogP contribution in [0.4, 0.5) is 0 Å². The van der Waals surface area contributed by atoms with Gasteiger partial charge in [0.05, 0.1) is 0 Å². The summed E-state index contributed by atoms with van der Waals surface area (Å²) < 4.78 is 0. The van der Waals surface area contributed by atoms with Crippen molar-refractivity contribution in [3.05, 3.63) is 0 Å². The van der Waals surface area contributed by atoms with Crippen molar-refractivity contribution in [2.45, 2.75) is 6.92 Å². The molecule has 0 aromatic rings. The molecule has 0 fully saturated rings. The lowest BCUT2D eigenvalue weighted by molar-refractivity contribution is 1.48. The van der Waals surface area contributed by atoms with E-state index < -0.39 is 0 Å². The fraction of sp³-hybridized carbons (Fsp3) is 1.00. The molecule has 0 saturated heterocycles. The van der Waals surface area contributed by atoms with Gasteiger partial charge in [0.1, 0.15) is 0 Å². The van der Waals surface area contributed by atoms with E-state index in [9.17, 15) is 0 Å². The molecule has 0 radical (unpaired) electrons. The summed E-state index contributed by atoms with van der Waals surface area (Å²) in [5.41, 5.74) is 0. The monoisotopic (exact) mass is 242 g/mol. The van der Waals surface area contributed by atoms with Crippen LogP contribution in [0.25, 0.3) is 0 Å². The van der Waals surface area contributed by atoms with Crippen LogP contribution >= 0.6 is 31.8 Å². The molecule has 0 N–H and O–H groups in total. The summed E-state index contributed by atoms with van der Waals surface area (Å²) in [7, 11) is -0.564. The van der Waals surface area contributed by atoms with E-state index in [0.29, 0.717) is 0 Å². The maximum atomic E-state index is 2.49. The second-order valence-electron chi connectivity index (χ2n) is 4.88. The summed E-state index contributed by atoms with van der Waals surface area (Å²) in [5, 5.41) is 1.40. The largest absolute Gasteiger partial charge is 0.249 e. The average molecular weight is 243 g/mol. The van der Waals surface area contributed by atoms with Crippen LogP contribution in [-0.2, 0) is 0 Å². The molecular formula is C10H26S3. The minimum Gasteiger partial charge on any atom is -0.249 e. The molecule has 0 aromatic heterocycles. The van der Waals surface area contributed by atoms with Crippen LogP contribution in [0.2, 0.25) is 0 Å². The highest BCUT2D eigenvalue weighted by atomic mass is 32.3. The van der Waals surface area contributed by atoms with Gasteiger partial charge in [0.2, 0.25) is 0 Å². The zero-order valence-corrected chi connectivity index (χ0v) is 12.5. The van der Waals surface area contributed by atoms with Gasteiger partial charge in [-0.15, -0.1) is 0 Å². The molecular weight excluding hydrogens is 216 g/mol. The van der Waals surface area contributed by atoms with Crippen LogP contribution < -0.4 is 0 Å². The second-order valence-corrected chi connectivity index (χ2v) is 15.3. The first-order chi connectivity index (χ1) is 5.77. The SMILES string of the molecule is CCSCS(C)(C)CCS(C)(C)C. The van der Waals surface area contributed by atoms with Crippen LogP contribution in [0.3, 0.4) is 0 Å². The fourth-order valence-corrected chi connectivity index (χ4v) is 7.59. The Morgan fingerprint density at radius 1 is 0.923 bits per heavy atom. The van der Waals surface area contributed by atoms with Crippen molar-refractivity contribution in [1.82, 2.24) is 0 Å². The average Bonchev–Trinajstić information content (AvgIpc) is 1.97. The smallest absolute Gasteiger partial charge is 0.0231 e. The Hall–Kier alpha value is 1.05. The predicted octanol–water partition coefficient (Wildman–Crippen LogP) is 3.46. The van der Waals surface area contributed by atoms with Crippen molar-refractivity contribution in [3.8, 4) is 0 Å².